The summed E-state index contributed by atoms with van der Waals surface area (Å²) in [6, 6.07) is 0. The molecule has 0 aromatic carbocycles. The molecule has 0 aliphatic heterocycles. The second-order valence-electron chi connectivity index (χ2n) is 4.86. The Morgan fingerprint density at radius 2 is 1.53 bits per heavy atom. The van der Waals surface area contributed by atoms with Gasteiger partial charge in [0.2, 0.25) is 0 Å². The molecule has 0 fully saturated rings. The number of allylic oxidation sites excluding steroid dienone is 2. The Balaban J connectivity index is 4.10. The molecule has 0 aromatic heterocycles. The molecule has 0 aliphatic rings. The summed E-state index contributed by atoms with van der Waals surface area (Å²) in [5, 5.41) is 0. The number of unbranched alkanes of at least 4 members (excludes halogenated alkanes) is 5. The number of hydrogen-bond acceptors (Lipinski definition) is 1. The minimum absolute atomic E-state index is 0.389. The molecule has 0 rings (SSSR count). The van der Waals surface area contributed by atoms with E-state index >= 15 is 0 Å². The normalized spacial score (nSPS) is 11.8. The fourth-order valence-electron chi connectivity index (χ4n) is 1.97. The highest BCUT2D eigenvalue weighted by molar-refractivity contribution is 5.95. The van der Waals surface area contributed by atoms with Crippen LogP contribution in [0, 0.1) is 0 Å². The molecule has 0 atom stereocenters. The molecule has 1 heteroatoms. The SMILES string of the molecule is CCCC/C=C(/CCCCCC)C(=O)CCC. The molecule has 0 N–H and O–H groups in total. The summed E-state index contributed by atoms with van der Waals surface area (Å²) in [7, 11) is 0. The highest BCUT2D eigenvalue weighted by Crippen LogP contribution is 2.15. The zero-order valence-electron chi connectivity index (χ0n) is 12.1. The van der Waals surface area contributed by atoms with Crippen LogP contribution >= 0.6 is 0 Å². The van der Waals surface area contributed by atoms with Crippen LogP contribution in [0.25, 0.3) is 0 Å². The van der Waals surface area contributed by atoms with Crippen LogP contribution in [0.4, 0.5) is 0 Å². The lowest BCUT2D eigenvalue weighted by Crippen LogP contribution is -2.02. The molecule has 0 saturated heterocycles. The van der Waals surface area contributed by atoms with Crippen LogP contribution in [0.1, 0.15) is 85.0 Å². The molecule has 100 valence electrons. The van der Waals surface area contributed by atoms with Crippen molar-refractivity contribution >= 4 is 5.78 Å². The average Bonchev–Trinajstić information content (AvgIpc) is 2.32. The van der Waals surface area contributed by atoms with Crippen molar-refractivity contribution in [2.75, 3.05) is 0 Å². The molecule has 0 amide bonds. The first-order valence-electron chi connectivity index (χ1n) is 7.48. The van der Waals surface area contributed by atoms with Gasteiger partial charge in [0.15, 0.2) is 5.78 Å². The maximum Gasteiger partial charge on any atom is 0.158 e. The van der Waals surface area contributed by atoms with Crippen LogP contribution in [0.3, 0.4) is 0 Å². The second kappa shape index (κ2) is 11.9. The van der Waals surface area contributed by atoms with Crippen LogP contribution in [-0.2, 0) is 4.79 Å². The number of carbonyl (C=O) groups is 1. The van der Waals surface area contributed by atoms with Gasteiger partial charge in [-0.05, 0) is 31.3 Å². The number of hydrogen-bond donors (Lipinski definition) is 0. The Kier molecular flexibility index (Phi) is 11.5. The Hall–Kier alpha value is -0.590. The van der Waals surface area contributed by atoms with Gasteiger partial charge in [-0.2, -0.15) is 0 Å². The maximum atomic E-state index is 11.9. The molecule has 17 heavy (non-hydrogen) atoms. The molecule has 0 saturated carbocycles. The van der Waals surface area contributed by atoms with Crippen molar-refractivity contribution in [3.05, 3.63) is 11.6 Å². The van der Waals surface area contributed by atoms with Crippen molar-refractivity contribution in [3.8, 4) is 0 Å². The summed E-state index contributed by atoms with van der Waals surface area (Å²) in [6.07, 6.45) is 13.4. The first-order chi connectivity index (χ1) is 8.26. The Bertz CT molecular complexity index is 216. The highest BCUT2D eigenvalue weighted by Gasteiger charge is 2.07. The van der Waals surface area contributed by atoms with E-state index in [2.05, 4.69) is 26.8 Å². The monoisotopic (exact) mass is 238 g/mol. The predicted octanol–water partition coefficient (Wildman–Crippen LogP) is 5.44. The Labute approximate surface area is 108 Å². The van der Waals surface area contributed by atoms with Gasteiger partial charge < -0.3 is 0 Å². The van der Waals surface area contributed by atoms with Gasteiger partial charge in [-0.3, -0.25) is 4.79 Å². The minimum atomic E-state index is 0.389. The zero-order chi connectivity index (χ0) is 12.9. The van der Waals surface area contributed by atoms with Crippen molar-refractivity contribution in [2.24, 2.45) is 0 Å². The zero-order valence-corrected chi connectivity index (χ0v) is 12.1. The van der Waals surface area contributed by atoms with Gasteiger partial charge in [-0.1, -0.05) is 59.0 Å². The van der Waals surface area contributed by atoms with Crippen LogP contribution in [0.2, 0.25) is 0 Å². The summed E-state index contributed by atoms with van der Waals surface area (Å²) in [5.74, 6) is 0.389. The third kappa shape index (κ3) is 9.14. The van der Waals surface area contributed by atoms with Crippen molar-refractivity contribution in [3.63, 3.8) is 0 Å². The fourth-order valence-corrected chi connectivity index (χ4v) is 1.97. The van der Waals surface area contributed by atoms with Crippen LogP contribution in [-0.4, -0.2) is 5.78 Å². The number of ketones is 1. The van der Waals surface area contributed by atoms with Gasteiger partial charge >= 0.3 is 0 Å². The van der Waals surface area contributed by atoms with Gasteiger partial charge in [0.1, 0.15) is 0 Å². The fraction of sp³-hybridized carbons (Fsp3) is 0.812. The summed E-state index contributed by atoms with van der Waals surface area (Å²) in [4.78, 5) is 11.9. The van der Waals surface area contributed by atoms with Gasteiger partial charge in [0.05, 0.1) is 0 Å². The van der Waals surface area contributed by atoms with Crippen molar-refractivity contribution in [2.45, 2.75) is 85.0 Å². The third-order valence-corrected chi connectivity index (χ3v) is 3.08. The highest BCUT2D eigenvalue weighted by atomic mass is 16.1. The molecule has 0 aromatic rings. The molecule has 0 unspecified atom stereocenters. The summed E-state index contributed by atoms with van der Waals surface area (Å²) in [6.45, 7) is 6.50. The third-order valence-electron chi connectivity index (χ3n) is 3.08. The molecule has 0 heterocycles. The molecular formula is C16H30O. The van der Waals surface area contributed by atoms with Crippen LogP contribution < -0.4 is 0 Å². The molecule has 0 spiro atoms. The van der Waals surface area contributed by atoms with E-state index in [9.17, 15) is 4.79 Å². The average molecular weight is 238 g/mol. The van der Waals surface area contributed by atoms with E-state index in [4.69, 9.17) is 0 Å². The van der Waals surface area contributed by atoms with E-state index in [0.717, 1.165) is 31.3 Å². The van der Waals surface area contributed by atoms with E-state index in [0.29, 0.717) is 5.78 Å². The van der Waals surface area contributed by atoms with E-state index in [1.807, 2.05) is 0 Å². The molecule has 0 radical (unpaired) electrons. The van der Waals surface area contributed by atoms with Crippen LogP contribution in [0.5, 0.6) is 0 Å². The molecule has 1 nitrogen and oxygen atoms in total. The first-order valence-corrected chi connectivity index (χ1v) is 7.48. The smallest absolute Gasteiger partial charge is 0.158 e. The van der Waals surface area contributed by atoms with E-state index in [1.54, 1.807) is 0 Å². The molecule has 0 aliphatic carbocycles. The predicted molar refractivity (Wildman–Crippen MR) is 76.3 cm³/mol. The van der Waals surface area contributed by atoms with Gasteiger partial charge in [-0.15, -0.1) is 0 Å². The summed E-state index contributed by atoms with van der Waals surface area (Å²) < 4.78 is 0. The first kappa shape index (κ1) is 16.4. The van der Waals surface area contributed by atoms with Gasteiger partial charge in [0, 0.05) is 6.42 Å². The number of carbonyl (C=O) groups excluding carboxylic acids is 1. The largest absolute Gasteiger partial charge is 0.295 e. The van der Waals surface area contributed by atoms with Crippen molar-refractivity contribution in [1.82, 2.24) is 0 Å². The molecule has 0 bridgehead atoms. The van der Waals surface area contributed by atoms with Crippen LogP contribution in [0.15, 0.2) is 11.6 Å². The van der Waals surface area contributed by atoms with Crippen molar-refractivity contribution in [1.29, 1.82) is 0 Å². The molecular weight excluding hydrogens is 208 g/mol. The lowest BCUT2D eigenvalue weighted by atomic mass is 9.98. The Morgan fingerprint density at radius 3 is 2.12 bits per heavy atom. The minimum Gasteiger partial charge on any atom is -0.295 e. The number of rotatable bonds is 11. The number of Topliss-reactive ketones (excluding diaryl/α,β-unsaturated/α-hetero) is 1. The lowest BCUT2D eigenvalue weighted by molar-refractivity contribution is -0.115. The quantitative estimate of drug-likeness (QED) is 0.346. The van der Waals surface area contributed by atoms with Gasteiger partial charge in [0.25, 0.3) is 0 Å². The lowest BCUT2D eigenvalue weighted by Gasteiger charge is -2.06. The van der Waals surface area contributed by atoms with E-state index in [-0.39, 0.29) is 0 Å². The summed E-state index contributed by atoms with van der Waals surface area (Å²) in [5.41, 5.74) is 1.11. The van der Waals surface area contributed by atoms with Gasteiger partial charge in [-0.25, -0.2) is 0 Å². The second-order valence-corrected chi connectivity index (χ2v) is 4.86. The Morgan fingerprint density at radius 1 is 0.824 bits per heavy atom. The summed E-state index contributed by atoms with van der Waals surface area (Å²) >= 11 is 0. The topological polar surface area (TPSA) is 17.1 Å². The maximum absolute atomic E-state index is 11.9. The standard InChI is InChI=1S/C16H30O/c1-4-7-9-11-14-15(13-10-8-5-2)16(17)12-6-3/h13H,4-12,14H2,1-3H3/b15-13-. The van der Waals surface area contributed by atoms with Crippen molar-refractivity contribution < 1.29 is 4.79 Å². The van der Waals surface area contributed by atoms with E-state index < -0.39 is 0 Å². The van der Waals surface area contributed by atoms with E-state index in [1.165, 1.54) is 38.5 Å².